The van der Waals surface area contributed by atoms with Gasteiger partial charge in [0.15, 0.2) is 6.61 Å². The van der Waals surface area contributed by atoms with E-state index in [1.54, 1.807) is 20.8 Å². The molecule has 1 atom stereocenters. The molecule has 1 unspecified atom stereocenters. The van der Waals surface area contributed by atoms with Crippen molar-refractivity contribution in [2.45, 2.75) is 70.9 Å². The third kappa shape index (κ3) is 7.77. The highest BCUT2D eigenvalue weighted by Crippen LogP contribution is 2.30. The van der Waals surface area contributed by atoms with E-state index in [2.05, 4.69) is 16.0 Å². The molecule has 0 saturated carbocycles. The van der Waals surface area contributed by atoms with Gasteiger partial charge in [-0.2, -0.15) is 0 Å². The number of alkyl carbamates (subject to hydrolysis) is 1. The number of ether oxygens (including phenoxy) is 2. The summed E-state index contributed by atoms with van der Waals surface area (Å²) in [6, 6.07) is 3.24. The smallest absolute Gasteiger partial charge is 0.407 e. The minimum absolute atomic E-state index is 0.0403. The van der Waals surface area contributed by atoms with Crippen LogP contribution in [-0.4, -0.2) is 71.9 Å². The van der Waals surface area contributed by atoms with Gasteiger partial charge in [0, 0.05) is 19.5 Å². The van der Waals surface area contributed by atoms with Crippen LogP contribution in [0.25, 0.3) is 0 Å². The number of amides is 6. The van der Waals surface area contributed by atoms with Gasteiger partial charge in [-0.1, -0.05) is 12.8 Å². The van der Waals surface area contributed by atoms with E-state index < -0.39 is 41.4 Å². The van der Waals surface area contributed by atoms with Crippen LogP contribution in [0.1, 0.15) is 80.0 Å². The lowest BCUT2D eigenvalue weighted by atomic mass is 10.0. The fourth-order valence-electron chi connectivity index (χ4n) is 4.08. The zero-order valence-corrected chi connectivity index (χ0v) is 21.9. The molecule has 1 aromatic carbocycles. The molecule has 3 N–H and O–H groups in total. The Morgan fingerprint density at radius 2 is 1.63 bits per heavy atom. The molecule has 12 heteroatoms. The summed E-state index contributed by atoms with van der Waals surface area (Å²) < 4.78 is 10.7. The number of unbranched alkanes of at least 4 members (excludes halogenated alkanes) is 3. The molecule has 0 bridgehead atoms. The number of hydrogen-bond acceptors (Lipinski definition) is 8. The van der Waals surface area contributed by atoms with Gasteiger partial charge < -0.3 is 20.1 Å². The number of nitrogens with zero attached hydrogens (tertiary/aromatic N) is 1. The average Bonchev–Trinajstić information content (AvgIpc) is 3.08. The minimum Gasteiger partial charge on any atom is -0.484 e. The Morgan fingerprint density at radius 1 is 0.974 bits per heavy atom. The highest BCUT2D eigenvalue weighted by atomic mass is 16.6. The number of rotatable bonds is 11. The molecule has 0 aliphatic carbocycles. The first kappa shape index (κ1) is 28.6. The standard InChI is InChI=1S/C26H34N4O8/c1-26(2,3)38-25(36)28-13-7-5-4-6-12-27-21(32)15-37-16-8-9-17-18(14-16)24(35)30(23(17)34)19-10-11-20(31)29-22(19)33/h8-9,14,19H,4-7,10-13,15H2,1-3H3,(H,27,32)(H,28,36)(H,29,31,33). The first-order valence-electron chi connectivity index (χ1n) is 12.7. The van der Waals surface area contributed by atoms with Gasteiger partial charge in [-0.05, 0) is 58.2 Å². The number of carbonyl (C=O) groups excluding carboxylic acids is 6. The summed E-state index contributed by atoms with van der Waals surface area (Å²) >= 11 is 0. The summed E-state index contributed by atoms with van der Waals surface area (Å²) in [5.41, 5.74) is -0.307. The molecule has 1 saturated heterocycles. The van der Waals surface area contributed by atoms with E-state index in [4.69, 9.17) is 9.47 Å². The number of fused-ring (bicyclic) bond motifs is 1. The van der Waals surface area contributed by atoms with Crippen LogP contribution in [0.5, 0.6) is 5.75 Å². The topological polar surface area (TPSA) is 160 Å². The maximum absolute atomic E-state index is 12.9. The van der Waals surface area contributed by atoms with Crippen molar-refractivity contribution in [3.8, 4) is 5.75 Å². The molecule has 3 rings (SSSR count). The van der Waals surface area contributed by atoms with E-state index in [-0.39, 0.29) is 42.2 Å². The molecule has 2 aliphatic heterocycles. The Morgan fingerprint density at radius 3 is 2.29 bits per heavy atom. The van der Waals surface area contributed by atoms with Crippen LogP contribution < -0.4 is 20.7 Å². The normalized spacial score (nSPS) is 17.1. The zero-order valence-electron chi connectivity index (χ0n) is 21.9. The van der Waals surface area contributed by atoms with E-state index in [0.717, 1.165) is 30.6 Å². The third-order valence-electron chi connectivity index (χ3n) is 5.88. The number of carbonyl (C=O) groups is 6. The van der Waals surface area contributed by atoms with Crippen molar-refractivity contribution >= 4 is 35.6 Å². The summed E-state index contributed by atoms with van der Waals surface area (Å²) in [6.07, 6.45) is 3.01. The fourth-order valence-corrected chi connectivity index (χ4v) is 4.08. The highest BCUT2D eigenvalue weighted by molar-refractivity contribution is 6.23. The van der Waals surface area contributed by atoms with Crippen LogP contribution in [0.4, 0.5) is 4.79 Å². The quantitative estimate of drug-likeness (QED) is 0.288. The first-order chi connectivity index (χ1) is 18.0. The molecule has 206 valence electrons. The summed E-state index contributed by atoms with van der Waals surface area (Å²) in [4.78, 5) is 73.7. The second-order valence-electron chi connectivity index (χ2n) is 10.1. The van der Waals surface area contributed by atoms with E-state index in [1.165, 1.54) is 18.2 Å². The molecule has 0 aromatic heterocycles. The Balaban J connectivity index is 1.35. The van der Waals surface area contributed by atoms with Crippen molar-refractivity contribution in [3.05, 3.63) is 29.3 Å². The lowest BCUT2D eigenvalue weighted by molar-refractivity contribution is -0.136. The van der Waals surface area contributed by atoms with Crippen LogP contribution in [0.15, 0.2) is 18.2 Å². The molecule has 12 nitrogen and oxygen atoms in total. The molecule has 6 amide bonds. The van der Waals surface area contributed by atoms with Gasteiger partial charge in [0.1, 0.15) is 17.4 Å². The molecule has 1 aromatic rings. The maximum atomic E-state index is 12.9. The van der Waals surface area contributed by atoms with Crippen LogP contribution in [-0.2, 0) is 19.1 Å². The Bertz CT molecular complexity index is 1110. The van der Waals surface area contributed by atoms with Crippen molar-refractivity contribution in [1.82, 2.24) is 20.9 Å². The molecular weight excluding hydrogens is 496 g/mol. The second kappa shape index (κ2) is 12.5. The predicted octanol–water partition coefficient (Wildman–Crippen LogP) is 1.67. The Kier molecular flexibility index (Phi) is 9.43. The SMILES string of the molecule is CC(C)(C)OC(=O)NCCCCCCNC(=O)COc1ccc2c(c1)C(=O)N(C1CCC(=O)NC1=O)C2=O. The largest absolute Gasteiger partial charge is 0.484 e. The zero-order chi connectivity index (χ0) is 27.9. The number of imide groups is 2. The lowest BCUT2D eigenvalue weighted by Gasteiger charge is -2.27. The number of hydrogen-bond donors (Lipinski definition) is 3. The van der Waals surface area contributed by atoms with Crippen molar-refractivity contribution in [3.63, 3.8) is 0 Å². The fraction of sp³-hybridized carbons (Fsp3) is 0.538. The molecule has 2 heterocycles. The maximum Gasteiger partial charge on any atom is 0.407 e. The number of piperidine rings is 1. The van der Waals surface area contributed by atoms with E-state index in [1.807, 2.05) is 0 Å². The molecular formula is C26H34N4O8. The van der Waals surface area contributed by atoms with Crippen LogP contribution in [0.3, 0.4) is 0 Å². The second-order valence-corrected chi connectivity index (χ2v) is 10.1. The lowest BCUT2D eigenvalue weighted by Crippen LogP contribution is -2.54. The summed E-state index contributed by atoms with van der Waals surface area (Å²) in [6.45, 7) is 6.14. The summed E-state index contributed by atoms with van der Waals surface area (Å²) in [5, 5.41) is 7.61. The van der Waals surface area contributed by atoms with Gasteiger partial charge in [0.2, 0.25) is 11.8 Å². The first-order valence-corrected chi connectivity index (χ1v) is 12.7. The van der Waals surface area contributed by atoms with Gasteiger partial charge in [-0.3, -0.25) is 34.2 Å². The molecule has 2 aliphatic rings. The predicted molar refractivity (Wildman–Crippen MR) is 134 cm³/mol. The van der Waals surface area contributed by atoms with Crippen LogP contribution in [0, 0.1) is 0 Å². The monoisotopic (exact) mass is 530 g/mol. The highest BCUT2D eigenvalue weighted by Gasteiger charge is 2.44. The average molecular weight is 531 g/mol. The van der Waals surface area contributed by atoms with Crippen molar-refractivity contribution in [2.24, 2.45) is 0 Å². The van der Waals surface area contributed by atoms with Crippen LogP contribution >= 0.6 is 0 Å². The van der Waals surface area contributed by atoms with Crippen LogP contribution in [0.2, 0.25) is 0 Å². The molecule has 0 radical (unpaired) electrons. The van der Waals surface area contributed by atoms with Gasteiger partial charge in [0.25, 0.3) is 17.7 Å². The van der Waals surface area contributed by atoms with Gasteiger partial charge >= 0.3 is 6.09 Å². The number of benzene rings is 1. The molecule has 38 heavy (non-hydrogen) atoms. The Hall–Kier alpha value is -3.96. The van der Waals surface area contributed by atoms with E-state index in [9.17, 15) is 28.8 Å². The van der Waals surface area contributed by atoms with E-state index >= 15 is 0 Å². The molecule has 1 fully saturated rings. The van der Waals surface area contributed by atoms with Gasteiger partial charge in [-0.25, -0.2) is 4.79 Å². The van der Waals surface area contributed by atoms with Gasteiger partial charge in [0.05, 0.1) is 11.1 Å². The van der Waals surface area contributed by atoms with E-state index in [0.29, 0.717) is 13.1 Å². The van der Waals surface area contributed by atoms with Gasteiger partial charge in [-0.15, -0.1) is 0 Å². The third-order valence-corrected chi connectivity index (χ3v) is 5.88. The minimum atomic E-state index is -1.04. The summed E-state index contributed by atoms with van der Waals surface area (Å²) in [5.74, 6) is -2.46. The van der Waals surface area contributed by atoms with Crippen molar-refractivity contribution in [1.29, 1.82) is 0 Å². The summed E-state index contributed by atoms with van der Waals surface area (Å²) in [7, 11) is 0. The number of nitrogens with one attached hydrogen (secondary N) is 3. The molecule has 0 spiro atoms. The Labute approximate surface area is 220 Å². The van der Waals surface area contributed by atoms with Crippen molar-refractivity contribution < 1.29 is 38.2 Å². The van der Waals surface area contributed by atoms with Crippen molar-refractivity contribution in [2.75, 3.05) is 19.7 Å².